The van der Waals surface area contributed by atoms with Crippen molar-refractivity contribution < 1.29 is 14.3 Å². The second kappa shape index (κ2) is 9.66. The van der Waals surface area contributed by atoms with Crippen LogP contribution in [0.25, 0.3) is 0 Å². The first-order chi connectivity index (χ1) is 12.9. The summed E-state index contributed by atoms with van der Waals surface area (Å²) in [5.41, 5.74) is 0.911. The summed E-state index contributed by atoms with van der Waals surface area (Å²) in [4.78, 5) is 33.2. The third-order valence-corrected chi connectivity index (χ3v) is 3.77. The maximum atomic E-state index is 12.7. The summed E-state index contributed by atoms with van der Waals surface area (Å²) in [7, 11) is 0. The molecular weight excluding hydrogens is 344 g/mol. The number of rotatable bonds is 8. The van der Waals surface area contributed by atoms with Gasteiger partial charge in [-0.15, -0.1) is 0 Å². The number of carbonyl (C=O) groups excluding carboxylic acids is 2. The van der Waals surface area contributed by atoms with Gasteiger partial charge < -0.3 is 15.4 Å². The molecule has 7 heteroatoms. The van der Waals surface area contributed by atoms with Crippen molar-refractivity contribution in [1.82, 2.24) is 9.97 Å². The van der Waals surface area contributed by atoms with Gasteiger partial charge in [-0.05, 0) is 38.3 Å². The van der Waals surface area contributed by atoms with Gasteiger partial charge in [0, 0.05) is 12.6 Å². The normalized spacial score (nSPS) is 10.6. The van der Waals surface area contributed by atoms with E-state index in [4.69, 9.17) is 4.74 Å². The van der Waals surface area contributed by atoms with Gasteiger partial charge in [-0.1, -0.05) is 26.0 Å². The van der Waals surface area contributed by atoms with Crippen molar-refractivity contribution >= 4 is 23.4 Å². The Labute approximate surface area is 159 Å². The Balaban J connectivity index is 2.17. The Hall–Kier alpha value is -2.96. The summed E-state index contributed by atoms with van der Waals surface area (Å²) in [5, 5.41) is 5.95. The first kappa shape index (κ1) is 20.4. The average molecular weight is 370 g/mol. The second-order valence-electron chi connectivity index (χ2n) is 6.52. The molecule has 144 valence electrons. The van der Waals surface area contributed by atoms with Gasteiger partial charge in [0.1, 0.15) is 17.3 Å². The number of carbonyl (C=O) groups is 2. The molecule has 1 heterocycles. The highest BCUT2D eigenvalue weighted by molar-refractivity contribution is 6.07. The minimum atomic E-state index is -0.483. The molecule has 0 unspecified atom stereocenters. The van der Waals surface area contributed by atoms with E-state index in [-0.39, 0.29) is 12.3 Å². The largest absolute Gasteiger partial charge is 0.462 e. The Kier molecular flexibility index (Phi) is 7.28. The van der Waals surface area contributed by atoms with Crippen LogP contribution in [0, 0.1) is 12.8 Å². The average Bonchev–Trinajstić information content (AvgIpc) is 2.61. The van der Waals surface area contributed by atoms with Crippen LogP contribution in [0.15, 0.2) is 30.3 Å². The number of amides is 1. The van der Waals surface area contributed by atoms with Gasteiger partial charge in [0.15, 0.2) is 0 Å². The molecule has 0 spiro atoms. The summed E-state index contributed by atoms with van der Waals surface area (Å²) >= 11 is 0. The predicted molar refractivity (Wildman–Crippen MR) is 105 cm³/mol. The van der Waals surface area contributed by atoms with Crippen molar-refractivity contribution in [3.63, 3.8) is 0 Å². The highest BCUT2D eigenvalue weighted by Crippen LogP contribution is 2.18. The minimum absolute atomic E-state index is 0.230. The molecule has 0 aliphatic heterocycles. The van der Waals surface area contributed by atoms with Crippen LogP contribution >= 0.6 is 0 Å². The zero-order valence-corrected chi connectivity index (χ0v) is 16.2. The van der Waals surface area contributed by atoms with Crippen LogP contribution in [0.3, 0.4) is 0 Å². The fraction of sp³-hybridized carbons (Fsp3) is 0.400. The number of nitrogens with one attached hydrogen (secondary N) is 2. The fourth-order valence-electron chi connectivity index (χ4n) is 2.43. The van der Waals surface area contributed by atoms with Crippen LogP contribution in [0.4, 0.5) is 11.5 Å². The van der Waals surface area contributed by atoms with E-state index in [9.17, 15) is 9.59 Å². The fourth-order valence-corrected chi connectivity index (χ4v) is 2.43. The van der Waals surface area contributed by atoms with E-state index in [0.29, 0.717) is 28.8 Å². The molecule has 27 heavy (non-hydrogen) atoms. The predicted octanol–water partition coefficient (Wildman–Crippen LogP) is 3.67. The second-order valence-corrected chi connectivity index (χ2v) is 6.52. The molecule has 0 radical (unpaired) electrons. The van der Waals surface area contributed by atoms with Gasteiger partial charge in [0.05, 0.1) is 17.9 Å². The SMILES string of the molecule is CCOC(=O)c1ccccc1NC(=O)c1cc(NCCC(C)C)nc(C)n1. The highest BCUT2D eigenvalue weighted by atomic mass is 16.5. The number of benzene rings is 1. The van der Waals surface area contributed by atoms with E-state index in [2.05, 4.69) is 34.4 Å². The van der Waals surface area contributed by atoms with Crippen molar-refractivity contribution in [2.45, 2.75) is 34.1 Å². The Morgan fingerprint density at radius 1 is 1.19 bits per heavy atom. The lowest BCUT2D eigenvalue weighted by atomic mass is 10.1. The summed E-state index contributed by atoms with van der Waals surface area (Å²) < 4.78 is 5.03. The minimum Gasteiger partial charge on any atom is -0.462 e. The maximum Gasteiger partial charge on any atom is 0.340 e. The summed E-state index contributed by atoms with van der Waals surface area (Å²) in [5.74, 6) is 0.774. The van der Waals surface area contributed by atoms with Crippen LogP contribution in [-0.2, 0) is 4.74 Å². The molecule has 2 N–H and O–H groups in total. The topological polar surface area (TPSA) is 93.2 Å². The van der Waals surface area contributed by atoms with E-state index in [0.717, 1.165) is 13.0 Å². The number of ether oxygens (including phenoxy) is 1. The molecule has 0 saturated heterocycles. The standard InChI is InChI=1S/C20H26N4O3/c1-5-27-20(26)15-8-6-7-9-16(15)24-19(25)17-12-18(23-14(4)22-17)21-11-10-13(2)3/h6-9,12-13H,5,10-11H2,1-4H3,(H,24,25)(H,21,22,23). The quantitative estimate of drug-likeness (QED) is 0.689. The van der Waals surface area contributed by atoms with Crippen molar-refractivity contribution in [2.24, 2.45) is 5.92 Å². The molecule has 0 saturated carbocycles. The lowest BCUT2D eigenvalue weighted by molar-refractivity contribution is 0.0527. The van der Waals surface area contributed by atoms with E-state index in [1.165, 1.54) is 0 Å². The molecular formula is C20H26N4O3. The monoisotopic (exact) mass is 370 g/mol. The third-order valence-electron chi connectivity index (χ3n) is 3.77. The lowest BCUT2D eigenvalue weighted by Gasteiger charge is -2.12. The number of nitrogens with zero attached hydrogens (tertiary/aromatic N) is 2. The molecule has 1 amide bonds. The van der Waals surface area contributed by atoms with Crippen LogP contribution in [-0.4, -0.2) is 35.0 Å². The van der Waals surface area contributed by atoms with Gasteiger partial charge in [-0.3, -0.25) is 4.79 Å². The van der Waals surface area contributed by atoms with E-state index in [1.807, 2.05) is 0 Å². The van der Waals surface area contributed by atoms with Crippen molar-refractivity contribution in [3.05, 3.63) is 47.4 Å². The molecule has 0 fully saturated rings. The van der Waals surface area contributed by atoms with Gasteiger partial charge in [-0.2, -0.15) is 0 Å². The molecule has 7 nitrogen and oxygen atoms in total. The molecule has 0 bridgehead atoms. The summed E-state index contributed by atoms with van der Waals surface area (Å²) in [6, 6.07) is 8.32. The smallest absolute Gasteiger partial charge is 0.340 e. The number of aryl methyl sites for hydroxylation is 1. The van der Waals surface area contributed by atoms with Gasteiger partial charge in [0.2, 0.25) is 0 Å². The van der Waals surface area contributed by atoms with Crippen LogP contribution in [0.2, 0.25) is 0 Å². The Morgan fingerprint density at radius 3 is 2.63 bits per heavy atom. The number of aromatic nitrogens is 2. The molecule has 1 aromatic carbocycles. The molecule has 1 aromatic heterocycles. The molecule has 0 aliphatic carbocycles. The Morgan fingerprint density at radius 2 is 1.93 bits per heavy atom. The number of hydrogen-bond acceptors (Lipinski definition) is 6. The molecule has 2 aromatic rings. The highest BCUT2D eigenvalue weighted by Gasteiger charge is 2.16. The van der Waals surface area contributed by atoms with Crippen LogP contribution < -0.4 is 10.6 Å². The van der Waals surface area contributed by atoms with Crippen molar-refractivity contribution in [2.75, 3.05) is 23.8 Å². The van der Waals surface area contributed by atoms with Crippen molar-refractivity contribution in [3.8, 4) is 0 Å². The zero-order chi connectivity index (χ0) is 19.8. The van der Waals surface area contributed by atoms with Crippen LogP contribution in [0.1, 0.15) is 53.9 Å². The first-order valence-electron chi connectivity index (χ1n) is 9.07. The summed E-state index contributed by atoms with van der Waals surface area (Å²) in [6.45, 7) is 8.78. The van der Waals surface area contributed by atoms with Gasteiger partial charge >= 0.3 is 5.97 Å². The summed E-state index contributed by atoms with van der Waals surface area (Å²) in [6.07, 6.45) is 0.998. The van der Waals surface area contributed by atoms with Crippen LogP contribution in [0.5, 0.6) is 0 Å². The van der Waals surface area contributed by atoms with E-state index < -0.39 is 11.9 Å². The Bertz CT molecular complexity index is 806. The molecule has 0 aliphatic rings. The van der Waals surface area contributed by atoms with Gasteiger partial charge in [-0.25, -0.2) is 14.8 Å². The lowest BCUT2D eigenvalue weighted by Crippen LogP contribution is -2.18. The first-order valence-corrected chi connectivity index (χ1v) is 9.07. The maximum absolute atomic E-state index is 12.7. The van der Waals surface area contributed by atoms with E-state index in [1.54, 1.807) is 44.2 Å². The zero-order valence-electron chi connectivity index (χ0n) is 16.2. The number of anilines is 2. The molecule has 0 atom stereocenters. The third kappa shape index (κ3) is 6.06. The number of esters is 1. The molecule has 2 rings (SSSR count). The van der Waals surface area contributed by atoms with E-state index >= 15 is 0 Å². The van der Waals surface area contributed by atoms with Gasteiger partial charge in [0.25, 0.3) is 5.91 Å². The van der Waals surface area contributed by atoms with Crippen molar-refractivity contribution in [1.29, 1.82) is 0 Å². The number of para-hydroxylation sites is 1. The number of hydrogen-bond donors (Lipinski definition) is 2.